The molecule has 6 nitrogen and oxygen atoms in total. The van der Waals surface area contributed by atoms with E-state index in [4.69, 9.17) is 10.6 Å². The molecule has 1 aromatic rings. The van der Waals surface area contributed by atoms with Gasteiger partial charge in [0.2, 0.25) is 0 Å². The number of ether oxygens (including phenoxy) is 1. The largest absolute Gasteiger partial charge is 0.380 e. The summed E-state index contributed by atoms with van der Waals surface area (Å²) in [4.78, 5) is 15.6. The van der Waals surface area contributed by atoms with Crippen molar-refractivity contribution < 1.29 is 9.53 Å². The van der Waals surface area contributed by atoms with Crippen molar-refractivity contribution in [2.24, 2.45) is 5.84 Å². The highest BCUT2D eigenvalue weighted by Crippen LogP contribution is 2.03. The van der Waals surface area contributed by atoms with Gasteiger partial charge in [-0.1, -0.05) is 13.3 Å². The average molecular weight is 252 g/mol. The first-order chi connectivity index (χ1) is 8.77. The quantitative estimate of drug-likeness (QED) is 0.363. The predicted molar refractivity (Wildman–Crippen MR) is 70.1 cm³/mol. The second kappa shape index (κ2) is 8.43. The van der Waals surface area contributed by atoms with Crippen LogP contribution in [0.1, 0.15) is 30.3 Å². The number of nitrogens with zero attached hydrogens (tertiary/aromatic N) is 1. The number of pyridine rings is 1. The molecule has 0 aliphatic carbocycles. The van der Waals surface area contributed by atoms with E-state index in [1.807, 2.05) is 0 Å². The molecule has 0 radical (unpaired) electrons. The van der Waals surface area contributed by atoms with E-state index in [2.05, 4.69) is 22.7 Å². The molecule has 6 heteroatoms. The van der Waals surface area contributed by atoms with Gasteiger partial charge in [-0.3, -0.25) is 10.6 Å². The topological polar surface area (TPSA) is 89.3 Å². The van der Waals surface area contributed by atoms with Gasteiger partial charge in [0, 0.05) is 13.2 Å². The molecule has 0 unspecified atom stereocenters. The van der Waals surface area contributed by atoms with Gasteiger partial charge in [-0.25, -0.2) is 4.98 Å². The Balaban J connectivity index is 2.23. The number of hydrogen-bond donors (Lipinski definition) is 3. The van der Waals surface area contributed by atoms with Crippen molar-refractivity contribution in [1.82, 2.24) is 10.3 Å². The predicted octanol–water partition coefficient (Wildman–Crippen LogP) is 0.914. The highest BCUT2D eigenvalue weighted by Gasteiger charge is 2.05. The van der Waals surface area contributed by atoms with E-state index >= 15 is 0 Å². The van der Waals surface area contributed by atoms with E-state index in [1.165, 1.54) is 6.20 Å². The van der Waals surface area contributed by atoms with E-state index in [0.29, 0.717) is 24.5 Å². The van der Waals surface area contributed by atoms with Crippen LogP contribution in [0.25, 0.3) is 0 Å². The Labute approximate surface area is 107 Å². The van der Waals surface area contributed by atoms with Crippen LogP contribution in [0.3, 0.4) is 0 Å². The summed E-state index contributed by atoms with van der Waals surface area (Å²) in [6.45, 7) is 3.85. The maximum absolute atomic E-state index is 11.7. The lowest BCUT2D eigenvalue weighted by Crippen LogP contribution is -2.28. The summed E-state index contributed by atoms with van der Waals surface area (Å²) >= 11 is 0. The minimum atomic E-state index is -0.210. The summed E-state index contributed by atoms with van der Waals surface area (Å²) in [6, 6.07) is 3.31. The molecule has 0 saturated carbocycles. The molecule has 18 heavy (non-hydrogen) atoms. The van der Waals surface area contributed by atoms with Gasteiger partial charge in [0.1, 0.15) is 5.69 Å². The zero-order chi connectivity index (χ0) is 13.2. The number of anilines is 1. The third-order valence-electron chi connectivity index (χ3n) is 2.34. The number of rotatable bonds is 8. The van der Waals surface area contributed by atoms with E-state index in [9.17, 15) is 4.79 Å². The number of nitrogen functional groups attached to an aromatic ring is 1. The number of aromatic nitrogens is 1. The second-order valence-corrected chi connectivity index (χ2v) is 3.80. The first kappa shape index (κ1) is 14.4. The lowest BCUT2D eigenvalue weighted by atomic mass is 10.3. The maximum atomic E-state index is 11.7. The van der Waals surface area contributed by atoms with Crippen molar-refractivity contribution in [3.05, 3.63) is 24.0 Å². The number of hydrogen-bond acceptors (Lipinski definition) is 5. The third kappa shape index (κ3) is 5.11. The van der Waals surface area contributed by atoms with E-state index in [0.717, 1.165) is 19.4 Å². The van der Waals surface area contributed by atoms with Crippen LogP contribution in [0.2, 0.25) is 0 Å². The molecular formula is C12H20N4O2. The first-order valence-electron chi connectivity index (χ1n) is 6.06. The van der Waals surface area contributed by atoms with Gasteiger partial charge in [0.15, 0.2) is 0 Å². The summed E-state index contributed by atoms with van der Waals surface area (Å²) in [5.41, 5.74) is 3.48. The smallest absolute Gasteiger partial charge is 0.269 e. The highest BCUT2D eigenvalue weighted by molar-refractivity contribution is 5.92. The molecule has 1 aromatic heterocycles. The summed E-state index contributed by atoms with van der Waals surface area (Å²) < 4.78 is 5.34. The van der Waals surface area contributed by atoms with E-state index in [1.54, 1.807) is 12.1 Å². The standard InChI is InChI=1S/C12H20N4O2/c1-2-3-7-18-8-6-14-12(17)11-5-4-10(16-13)9-15-11/h4-5,9,16H,2-3,6-8,13H2,1H3,(H,14,17). The minimum absolute atomic E-state index is 0.210. The lowest BCUT2D eigenvalue weighted by molar-refractivity contribution is 0.0908. The zero-order valence-electron chi connectivity index (χ0n) is 10.6. The molecule has 1 heterocycles. The number of unbranched alkanes of at least 4 members (excludes halogenated alkanes) is 1. The number of nitrogens with two attached hydrogens (primary N) is 1. The van der Waals surface area contributed by atoms with Crippen LogP contribution in [0.4, 0.5) is 5.69 Å². The molecule has 1 rings (SSSR count). The van der Waals surface area contributed by atoms with Gasteiger partial charge in [0.05, 0.1) is 18.5 Å². The molecule has 100 valence electrons. The Kier molecular flexibility index (Phi) is 6.75. The van der Waals surface area contributed by atoms with Crippen molar-refractivity contribution in [3.8, 4) is 0 Å². The molecule has 0 aliphatic rings. The van der Waals surface area contributed by atoms with Crippen molar-refractivity contribution in [3.63, 3.8) is 0 Å². The van der Waals surface area contributed by atoms with Crippen LogP contribution < -0.4 is 16.6 Å². The summed E-state index contributed by atoms with van der Waals surface area (Å²) in [5, 5.41) is 2.74. The minimum Gasteiger partial charge on any atom is -0.380 e. The molecule has 0 bridgehead atoms. The molecule has 0 aromatic carbocycles. The van der Waals surface area contributed by atoms with Gasteiger partial charge in [-0.05, 0) is 18.6 Å². The Morgan fingerprint density at radius 1 is 1.44 bits per heavy atom. The summed E-state index contributed by atoms with van der Waals surface area (Å²) in [7, 11) is 0. The zero-order valence-corrected chi connectivity index (χ0v) is 10.6. The van der Waals surface area contributed by atoms with Gasteiger partial charge in [0.25, 0.3) is 5.91 Å². The van der Waals surface area contributed by atoms with Crippen molar-refractivity contribution in [1.29, 1.82) is 0 Å². The molecule has 0 spiro atoms. The van der Waals surface area contributed by atoms with Crippen LogP contribution in [0.5, 0.6) is 0 Å². The molecule has 0 atom stereocenters. The monoisotopic (exact) mass is 252 g/mol. The Morgan fingerprint density at radius 2 is 2.28 bits per heavy atom. The SMILES string of the molecule is CCCCOCCNC(=O)c1ccc(NN)cn1. The van der Waals surface area contributed by atoms with Crippen molar-refractivity contribution >= 4 is 11.6 Å². The van der Waals surface area contributed by atoms with E-state index in [-0.39, 0.29) is 5.91 Å². The van der Waals surface area contributed by atoms with Crippen LogP contribution >= 0.6 is 0 Å². The van der Waals surface area contributed by atoms with Gasteiger partial charge in [-0.15, -0.1) is 0 Å². The molecule has 4 N–H and O–H groups in total. The van der Waals surface area contributed by atoms with Crippen LogP contribution in [-0.4, -0.2) is 30.6 Å². The molecule has 0 aliphatic heterocycles. The highest BCUT2D eigenvalue weighted by atomic mass is 16.5. The van der Waals surface area contributed by atoms with Crippen molar-refractivity contribution in [2.75, 3.05) is 25.2 Å². The van der Waals surface area contributed by atoms with Gasteiger partial charge < -0.3 is 15.5 Å². The number of nitrogens with one attached hydrogen (secondary N) is 2. The van der Waals surface area contributed by atoms with E-state index < -0.39 is 0 Å². The molecule has 0 fully saturated rings. The number of hydrazine groups is 1. The maximum Gasteiger partial charge on any atom is 0.269 e. The Bertz CT molecular complexity index is 354. The number of amides is 1. The first-order valence-corrected chi connectivity index (χ1v) is 6.06. The van der Waals surface area contributed by atoms with Crippen molar-refractivity contribution in [2.45, 2.75) is 19.8 Å². The molecule has 1 amide bonds. The fourth-order valence-corrected chi connectivity index (χ4v) is 1.29. The number of carbonyl (C=O) groups excluding carboxylic acids is 1. The molecule has 0 saturated heterocycles. The van der Waals surface area contributed by atoms with Gasteiger partial charge in [-0.2, -0.15) is 0 Å². The Morgan fingerprint density at radius 3 is 2.89 bits per heavy atom. The lowest BCUT2D eigenvalue weighted by Gasteiger charge is -2.06. The summed E-state index contributed by atoms with van der Waals surface area (Å²) in [6.07, 6.45) is 3.66. The van der Waals surface area contributed by atoms with Crippen LogP contribution in [-0.2, 0) is 4.74 Å². The summed E-state index contributed by atoms with van der Waals surface area (Å²) in [5.74, 6) is 5.00. The Hall–Kier alpha value is -1.66. The molecular weight excluding hydrogens is 232 g/mol. The van der Waals surface area contributed by atoms with Crippen LogP contribution in [0, 0.1) is 0 Å². The fraction of sp³-hybridized carbons (Fsp3) is 0.500. The van der Waals surface area contributed by atoms with Gasteiger partial charge >= 0.3 is 0 Å². The normalized spacial score (nSPS) is 10.1. The number of carbonyl (C=O) groups is 1. The van der Waals surface area contributed by atoms with Crippen LogP contribution in [0.15, 0.2) is 18.3 Å². The second-order valence-electron chi connectivity index (χ2n) is 3.80. The average Bonchev–Trinajstić information content (AvgIpc) is 2.42. The fourth-order valence-electron chi connectivity index (χ4n) is 1.29. The third-order valence-corrected chi connectivity index (χ3v) is 2.34.